The molecule has 4 nitrogen and oxygen atoms in total. The minimum Gasteiger partial charge on any atom is -0.356 e. The number of aryl methyl sites for hydroxylation is 3. The van der Waals surface area contributed by atoms with Crippen LogP contribution in [0.5, 0.6) is 0 Å². The highest BCUT2D eigenvalue weighted by Gasteiger charge is 2.07. The van der Waals surface area contributed by atoms with Crippen LogP contribution in [0.2, 0.25) is 0 Å². The van der Waals surface area contributed by atoms with Gasteiger partial charge in [-0.15, -0.1) is 0 Å². The molecule has 0 aliphatic rings. The van der Waals surface area contributed by atoms with Gasteiger partial charge in [-0.25, -0.2) is 4.68 Å². The number of nitrogens with one attached hydrogen (secondary N) is 1. The first-order valence-electron chi connectivity index (χ1n) is 8.61. The summed E-state index contributed by atoms with van der Waals surface area (Å²) in [4.78, 5) is 11.9. The van der Waals surface area contributed by atoms with Gasteiger partial charge in [0.15, 0.2) is 0 Å². The average molecular weight is 353 g/mol. The molecule has 0 radical (unpaired) electrons. The Hall–Kier alpha value is -2.40. The lowest BCUT2D eigenvalue weighted by atomic mass is 10.1. The molecule has 0 aliphatic heterocycles. The van der Waals surface area contributed by atoms with Crippen LogP contribution in [0, 0.1) is 6.92 Å². The third-order valence-electron chi connectivity index (χ3n) is 4.19. The number of hydrogen-bond donors (Lipinski definition) is 1. The Bertz CT molecular complexity index is 794. The van der Waals surface area contributed by atoms with E-state index in [2.05, 4.69) is 28.1 Å². The molecule has 5 heteroatoms. The summed E-state index contributed by atoms with van der Waals surface area (Å²) >= 11 is 1.67. The highest BCUT2D eigenvalue weighted by atomic mass is 32.1. The highest BCUT2D eigenvalue weighted by molar-refractivity contribution is 7.07. The molecule has 0 aliphatic carbocycles. The maximum atomic E-state index is 11.9. The molecule has 0 saturated carbocycles. The number of thiophene rings is 1. The van der Waals surface area contributed by atoms with E-state index in [1.807, 2.05) is 47.3 Å². The molecule has 0 atom stereocenters. The minimum absolute atomic E-state index is 0.128. The van der Waals surface area contributed by atoms with Crippen molar-refractivity contribution < 1.29 is 4.79 Å². The molecule has 0 fully saturated rings. The van der Waals surface area contributed by atoms with Gasteiger partial charge in [-0.3, -0.25) is 4.79 Å². The highest BCUT2D eigenvalue weighted by Crippen LogP contribution is 2.13. The summed E-state index contributed by atoms with van der Waals surface area (Å²) in [7, 11) is 0. The van der Waals surface area contributed by atoms with Gasteiger partial charge in [0, 0.05) is 19.2 Å². The predicted molar refractivity (Wildman–Crippen MR) is 102 cm³/mol. The van der Waals surface area contributed by atoms with E-state index in [0.717, 1.165) is 30.6 Å². The number of carbonyl (C=O) groups excluding carboxylic acids is 1. The van der Waals surface area contributed by atoms with Crippen LogP contribution in [-0.4, -0.2) is 22.2 Å². The fourth-order valence-corrected chi connectivity index (χ4v) is 3.45. The molecule has 1 aromatic carbocycles. The zero-order valence-electron chi connectivity index (χ0n) is 14.4. The summed E-state index contributed by atoms with van der Waals surface area (Å²) < 4.78 is 1.92. The third-order valence-corrected chi connectivity index (χ3v) is 4.92. The Kier molecular flexibility index (Phi) is 6.01. The lowest BCUT2D eigenvalue weighted by molar-refractivity contribution is -0.121. The number of rotatable bonds is 8. The monoisotopic (exact) mass is 353 g/mol. The number of amides is 1. The van der Waals surface area contributed by atoms with Gasteiger partial charge in [0.25, 0.3) is 0 Å². The first kappa shape index (κ1) is 17.4. The van der Waals surface area contributed by atoms with Crippen LogP contribution in [0.25, 0.3) is 5.69 Å². The Morgan fingerprint density at radius 1 is 1.20 bits per heavy atom. The normalized spacial score (nSPS) is 10.8. The molecule has 3 rings (SSSR count). The topological polar surface area (TPSA) is 46.9 Å². The number of aromatic nitrogens is 2. The zero-order valence-corrected chi connectivity index (χ0v) is 15.3. The van der Waals surface area contributed by atoms with Crippen molar-refractivity contribution in [2.75, 3.05) is 6.54 Å². The SMILES string of the molecule is Cc1nn(-c2ccccc2)cc1CCCNC(=O)CCc1ccsc1. The molecule has 0 saturated heterocycles. The average Bonchev–Trinajstić information content (AvgIpc) is 3.28. The third kappa shape index (κ3) is 5.03. The Labute approximate surface area is 152 Å². The van der Waals surface area contributed by atoms with E-state index in [4.69, 9.17) is 0 Å². The van der Waals surface area contributed by atoms with Crippen molar-refractivity contribution in [3.8, 4) is 5.69 Å². The molecule has 1 N–H and O–H groups in total. The molecule has 3 aromatic rings. The standard InChI is InChI=1S/C20H23N3OS/c1-16-18(14-23(22-16)19-7-3-2-4-8-19)6-5-12-21-20(24)10-9-17-11-13-25-15-17/h2-4,7-8,11,13-15H,5-6,9-10,12H2,1H3,(H,21,24). The molecular formula is C20H23N3OS. The predicted octanol–water partition coefficient (Wildman–Crippen LogP) is 3.92. The molecule has 2 heterocycles. The van der Waals surface area contributed by atoms with Crippen molar-refractivity contribution in [3.05, 3.63) is 70.2 Å². The summed E-state index contributed by atoms with van der Waals surface area (Å²) in [5.74, 6) is 0.128. The molecule has 0 bridgehead atoms. The van der Waals surface area contributed by atoms with Gasteiger partial charge in [0.2, 0.25) is 5.91 Å². The second kappa shape index (κ2) is 8.62. The van der Waals surface area contributed by atoms with Gasteiger partial charge in [-0.05, 0) is 66.3 Å². The minimum atomic E-state index is 0.128. The van der Waals surface area contributed by atoms with E-state index in [9.17, 15) is 4.79 Å². The molecule has 2 aromatic heterocycles. The van der Waals surface area contributed by atoms with Gasteiger partial charge in [-0.2, -0.15) is 16.4 Å². The summed E-state index contributed by atoms with van der Waals surface area (Å²) in [6.07, 6.45) is 5.30. The molecule has 1 amide bonds. The van der Waals surface area contributed by atoms with Gasteiger partial charge in [-0.1, -0.05) is 18.2 Å². The quantitative estimate of drug-likeness (QED) is 0.624. The van der Waals surface area contributed by atoms with Crippen LogP contribution in [0.15, 0.2) is 53.4 Å². The lowest BCUT2D eigenvalue weighted by Gasteiger charge is -2.04. The number of para-hydroxylation sites is 1. The van der Waals surface area contributed by atoms with Crippen LogP contribution >= 0.6 is 11.3 Å². The Morgan fingerprint density at radius 2 is 2.04 bits per heavy atom. The summed E-state index contributed by atoms with van der Waals surface area (Å²) in [5, 5.41) is 11.7. The van der Waals surface area contributed by atoms with Crippen molar-refractivity contribution in [3.63, 3.8) is 0 Å². The first-order valence-corrected chi connectivity index (χ1v) is 9.55. The smallest absolute Gasteiger partial charge is 0.220 e. The fourth-order valence-electron chi connectivity index (χ4n) is 2.74. The molecule has 0 unspecified atom stereocenters. The number of nitrogens with zero attached hydrogens (tertiary/aromatic N) is 2. The lowest BCUT2D eigenvalue weighted by Crippen LogP contribution is -2.24. The molecule has 0 spiro atoms. The zero-order chi connectivity index (χ0) is 17.5. The van der Waals surface area contributed by atoms with Crippen molar-refractivity contribution in [2.45, 2.75) is 32.6 Å². The molecule has 25 heavy (non-hydrogen) atoms. The van der Waals surface area contributed by atoms with E-state index < -0.39 is 0 Å². The Balaban J connectivity index is 1.41. The van der Waals surface area contributed by atoms with Crippen molar-refractivity contribution in [1.29, 1.82) is 0 Å². The van der Waals surface area contributed by atoms with Crippen LogP contribution in [0.3, 0.4) is 0 Å². The van der Waals surface area contributed by atoms with Crippen LogP contribution < -0.4 is 5.32 Å². The maximum absolute atomic E-state index is 11.9. The van der Waals surface area contributed by atoms with Gasteiger partial charge < -0.3 is 5.32 Å². The molecule has 130 valence electrons. The van der Waals surface area contributed by atoms with E-state index in [1.165, 1.54) is 11.1 Å². The van der Waals surface area contributed by atoms with E-state index in [0.29, 0.717) is 13.0 Å². The van der Waals surface area contributed by atoms with Crippen molar-refractivity contribution in [1.82, 2.24) is 15.1 Å². The second-order valence-corrected chi connectivity index (χ2v) is 6.89. The van der Waals surface area contributed by atoms with Gasteiger partial charge in [0.1, 0.15) is 0 Å². The largest absolute Gasteiger partial charge is 0.356 e. The number of benzene rings is 1. The van der Waals surface area contributed by atoms with E-state index in [1.54, 1.807) is 11.3 Å². The maximum Gasteiger partial charge on any atom is 0.220 e. The number of carbonyl (C=O) groups is 1. The summed E-state index contributed by atoms with van der Waals surface area (Å²) in [5.41, 5.74) is 4.59. The van der Waals surface area contributed by atoms with Gasteiger partial charge in [0.05, 0.1) is 11.4 Å². The van der Waals surface area contributed by atoms with Crippen molar-refractivity contribution >= 4 is 17.2 Å². The van der Waals surface area contributed by atoms with Crippen LogP contribution in [0.1, 0.15) is 29.7 Å². The fraction of sp³-hybridized carbons (Fsp3) is 0.300. The molecular weight excluding hydrogens is 330 g/mol. The van der Waals surface area contributed by atoms with Gasteiger partial charge >= 0.3 is 0 Å². The first-order chi connectivity index (χ1) is 12.2. The van der Waals surface area contributed by atoms with Crippen LogP contribution in [0.4, 0.5) is 0 Å². The van der Waals surface area contributed by atoms with E-state index >= 15 is 0 Å². The van der Waals surface area contributed by atoms with Crippen LogP contribution in [-0.2, 0) is 17.6 Å². The number of hydrogen-bond acceptors (Lipinski definition) is 3. The van der Waals surface area contributed by atoms with E-state index in [-0.39, 0.29) is 5.91 Å². The van der Waals surface area contributed by atoms with Crippen molar-refractivity contribution in [2.24, 2.45) is 0 Å². The second-order valence-electron chi connectivity index (χ2n) is 6.10. The Morgan fingerprint density at radius 3 is 2.80 bits per heavy atom. The summed E-state index contributed by atoms with van der Waals surface area (Å²) in [6, 6.07) is 12.2. The summed E-state index contributed by atoms with van der Waals surface area (Å²) in [6.45, 7) is 2.74.